The summed E-state index contributed by atoms with van der Waals surface area (Å²) in [7, 11) is 1.60. The van der Waals surface area contributed by atoms with Crippen LogP contribution in [0.1, 0.15) is 13.3 Å². The molecule has 2 N–H and O–H groups in total. The quantitative estimate of drug-likeness (QED) is 0.812. The molecule has 1 amide bonds. The Morgan fingerprint density at radius 2 is 2.06 bits per heavy atom. The Kier molecular flexibility index (Phi) is 5.66. The van der Waals surface area contributed by atoms with Gasteiger partial charge in [-0.25, -0.2) is 0 Å². The van der Waals surface area contributed by atoms with Crippen LogP contribution in [0.25, 0.3) is 0 Å². The van der Waals surface area contributed by atoms with Gasteiger partial charge in [-0.1, -0.05) is 18.2 Å². The number of amides is 1. The number of hydrogen-bond acceptors (Lipinski definition) is 3. The third kappa shape index (κ3) is 3.84. The molecule has 94 valence electrons. The fourth-order valence-corrected chi connectivity index (χ4v) is 1.64. The fourth-order valence-electron chi connectivity index (χ4n) is 1.64. The van der Waals surface area contributed by atoms with Crippen molar-refractivity contribution in [1.29, 1.82) is 0 Å². The van der Waals surface area contributed by atoms with Crippen molar-refractivity contribution in [3.63, 3.8) is 0 Å². The lowest BCUT2D eigenvalue weighted by atomic mass is 10.2. The van der Waals surface area contributed by atoms with Gasteiger partial charge in [-0.05, 0) is 25.5 Å². The van der Waals surface area contributed by atoms with Gasteiger partial charge in [0.2, 0.25) is 5.91 Å². The van der Waals surface area contributed by atoms with Gasteiger partial charge in [-0.3, -0.25) is 4.79 Å². The topological polar surface area (TPSA) is 55.6 Å². The standard InChI is InChI=1S/C13H20N2O2/c1-3-15(11-7-5-4-6-8-11)13(16)12(14)9-10-17-2/h4-8,12H,3,9-10,14H2,1-2H3. The Balaban J connectivity index is 2.71. The van der Waals surface area contributed by atoms with Crippen LogP contribution in [-0.4, -0.2) is 32.2 Å². The zero-order valence-electron chi connectivity index (χ0n) is 10.4. The molecule has 1 aromatic carbocycles. The van der Waals surface area contributed by atoms with Crippen LogP contribution in [0.15, 0.2) is 30.3 Å². The van der Waals surface area contributed by atoms with Crippen LogP contribution in [0.5, 0.6) is 0 Å². The van der Waals surface area contributed by atoms with Crippen LogP contribution >= 0.6 is 0 Å². The summed E-state index contributed by atoms with van der Waals surface area (Å²) in [5, 5.41) is 0. The molecule has 17 heavy (non-hydrogen) atoms. The maximum atomic E-state index is 12.1. The van der Waals surface area contributed by atoms with Crippen LogP contribution in [0.4, 0.5) is 5.69 Å². The average molecular weight is 236 g/mol. The number of para-hydroxylation sites is 1. The van der Waals surface area contributed by atoms with E-state index in [2.05, 4.69) is 0 Å². The molecule has 4 heteroatoms. The maximum Gasteiger partial charge on any atom is 0.243 e. The van der Waals surface area contributed by atoms with E-state index in [0.717, 1.165) is 5.69 Å². The van der Waals surface area contributed by atoms with Gasteiger partial charge in [-0.15, -0.1) is 0 Å². The summed E-state index contributed by atoms with van der Waals surface area (Å²) in [6.45, 7) is 3.05. The van der Waals surface area contributed by atoms with Gasteiger partial charge >= 0.3 is 0 Å². The highest BCUT2D eigenvalue weighted by molar-refractivity contribution is 5.96. The molecule has 1 aromatic rings. The maximum absolute atomic E-state index is 12.1. The number of nitrogens with zero attached hydrogens (tertiary/aromatic N) is 1. The molecule has 0 radical (unpaired) electrons. The van der Waals surface area contributed by atoms with Gasteiger partial charge in [0.15, 0.2) is 0 Å². The number of methoxy groups -OCH3 is 1. The number of benzene rings is 1. The summed E-state index contributed by atoms with van der Waals surface area (Å²) in [4.78, 5) is 13.8. The van der Waals surface area contributed by atoms with Crippen molar-refractivity contribution in [3.05, 3.63) is 30.3 Å². The van der Waals surface area contributed by atoms with Gasteiger partial charge in [0.25, 0.3) is 0 Å². The van der Waals surface area contributed by atoms with Crippen molar-refractivity contribution in [3.8, 4) is 0 Å². The van der Waals surface area contributed by atoms with Crippen molar-refractivity contribution < 1.29 is 9.53 Å². The second kappa shape index (κ2) is 7.04. The van der Waals surface area contributed by atoms with E-state index >= 15 is 0 Å². The Morgan fingerprint density at radius 1 is 1.41 bits per heavy atom. The molecule has 1 rings (SSSR count). The minimum atomic E-state index is -0.505. The monoisotopic (exact) mass is 236 g/mol. The number of rotatable bonds is 6. The Hall–Kier alpha value is -1.39. The number of hydrogen-bond donors (Lipinski definition) is 1. The molecule has 0 saturated heterocycles. The molecular weight excluding hydrogens is 216 g/mol. The molecular formula is C13H20N2O2. The second-order valence-corrected chi connectivity index (χ2v) is 3.81. The van der Waals surface area contributed by atoms with E-state index in [4.69, 9.17) is 10.5 Å². The first-order valence-electron chi connectivity index (χ1n) is 5.81. The molecule has 0 bridgehead atoms. The predicted octanol–water partition coefficient (Wildman–Crippen LogP) is 1.40. The molecule has 1 unspecified atom stereocenters. The predicted molar refractivity (Wildman–Crippen MR) is 68.9 cm³/mol. The smallest absolute Gasteiger partial charge is 0.243 e. The minimum Gasteiger partial charge on any atom is -0.385 e. The van der Waals surface area contributed by atoms with E-state index in [1.165, 1.54) is 0 Å². The highest BCUT2D eigenvalue weighted by Gasteiger charge is 2.20. The number of likely N-dealkylation sites (N-methyl/N-ethyl adjacent to an activating group) is 1. The van der Waals surface area contributed by atoms with Crippen molar-refractivity contribution in [1.82, 2.24) is 0 Å². The highest BCUT2D eigenvalue weighted by atomic mass is 16.5. The van der Waals surface area contributed by atoms with Crippen molar-refractivity contribution >= 4 is 11.6 Å². The highest BCUT2D eigenvalue weighted by Crippen LogP contribution is 2.14. The molecule has 0 aliphatic rings. The third-order valence-electron chi connectivity index (χ3n) is 2.60. The van der Waals surface area contributed by atoms with Gasteiger partial charge in [0.05, 0.1) is 6.04 Å². The molecule has 0 heterocycles. The van der Waals surface area contributed by atoms with E-state index in [9.17, 15) is 4.79 Å². The summed E-state index contributed by atoms with van der Waals surface area (Å²) in [6.07, 6.45) is 0.540. The van der Waals surface area contributed by atoms with Crippen LogP contribution in [0.2, 0.25) is 0 Å². The lowest BCUT2D eigenvalue weighted by Gasteiger charge is -2.24. The Morgan fingerprint density at radius 3 is 2.59 bits per heavy atom. The molecule has 0 aliphatic heterocycles. The van der Waals surface area contributed by atoms with Crippen LogP contribution in [-0.2, 0) is 9.53 Å². The lowest BCUT2D eigenvalue weighted by molar-refractivity contribution is -0.120. The van der Waals surface area contributed by atoms with Crippen molar-refractivity contribution in [2.75, 3.05) is 25.2 Å². The zero-order valence-corrected chi connectivity index (χ0v) is 10.4. The van der Waals surface area contributed by atoms with E-state index in [1.807, 2.05) is 37.3 Å². The van der Waals surface area contributed by atoms with Gasteiger partial charge in [0, 0.05) is 25.9 Å². The van der Waals surface area contributed by atoms with Crippen molar-refractivity contribution in [2.24, 2.45) is 5.73 Å². The SMILES string of the molecule is CCN(C(=O)C(N)CCOC)c1ccccc1. The van der Waals surface area contributed by atoms with Gasteiger partial charge in [0.1, 0.15) is 0 Å². The molecule has 0 aliphatic carbocycles. The van der Waals surface area contributed by atoms with Crippen LogP contribution in [0, 0.1) is 0 Å². The zero-order chi connectivity index (χ0) is 12.7. The van der Waals surface area contributed by atoms with Gasteiger partial charge in [-0.2, -0.15) is 0 Å². The number of carbonyl (C=O) groups excluding carboxylic acids is 1. The summed E-state index contributed by atoms with van der Waals surface area (Å²) in [6, 6.07) is 9.05. The summed E-state index contributed by atoms with van der Waals surface area (Å²) < 4.78 is 4.93. The van der Waals surface area contributed by atoms with E-state index in [1.54, 1.807) is 12.0 Å². The van der Waals surface area contributed by atoms with Gasteiger partial charge < -0.3 is 15.4 Å². The second-order valence-electron chi connectivity index (χ2n) is 3.81. The summed E-state index contributed by atoms with van der Waals surface area (Å²) in [5.74, 6) is -0.0595. The molecule has 0 saturated carbocycles. The van der Waals surface area contributed by atoms with Crippen LogP contribution < -0.4 is 10.6 Å². The Labute approximate surface area is 102 Å². The first-order chi connectivity index (χ1) is 8.20. The number of ether oxygens (including phenoxy) is 1. The third-order valence-corrected chi connectivity index (χ3v) is 2.60. The van der Waals surface area contributed by atoms with Crippen LogP contribution in [0.3, 0.4) is 0 Å². The molecule has 0 spiro atoms. The summed E-state index contributed by atoms with van der Waals surface area (Å²) >= 11 is 0. The fraction of sp³-hybridized carbons (Fsp3) is 0.462. The summed E-state index contributed by atoms with van der Waals surface area (Å²) in [5.41, 5.74) is 6.73. The first kappa shape index (κ1) is 13.7. The number of carbonyl (C=O) groups is 1. The molecule has 1 atom stereocenters. The number of nitrogens with two attached hydrogens (primary N) is 1. The number of anilines is 1. The van der Waals surface area contributed by atoms with E-state index in [0.29, 0.717) is 19.6 Å². The Bertz CT molecular complexity index is 341. The molecule has 4 nitrogen and oxygen atoms in total. The minimum absolute atomic E-state index is 0.0595. The molecule has 0 aromatic heterocycles. The van der Waals surface area contributed by atoms with Crippen molar-refractivity contribution in [2.45, 2.75) is 19.4 Å². The average Bonchev–Trinajstić information content (AvgIpc) is 2.38. The largest absolute Gasteiger partial charge is 0.385 e. The normalized spacial score (nSPS) is 12.2. The molecule has 0 fully saturated rings. The lowest BCUT2D eigenvalue weighted by Crippen LogP contribution is -2.44. The van der Waals surface area contributed by atoms with E-state index < -0.39 is 6.04 Å². The first-order valence-corrected chi connectivity index (χ1v) is 5.81. The van der Waals surface area contributed by atoms with E-state index in [-0.39, 0.29) is 5.91 Å².